The molecular formula is C17H20NO+. The minimum atomic E-state index is 0.151. The number of rotatable bonds is 6. The number of Topliss-reactive ketones (excluding diaryl/α,β-unsaturated/α-hetero) is 1. The highest BCUT2D eigenvalue weighted by Crippen LogP contribution is 2.03. The number of unbranched alkanes of at least 4 members (excludes halogenated alkanes) is 1. The van der Waals surface area contributed by atoms with Gasteiger partial charge in [-0.05, 0) is 18.9 Å². The lowest BCUT2D eigenvalue weighted by Crippen LogP contribution is -2.37. The second-order valence-corrected chi connectivity index (χ2v) is 4.78. The highest BCUT2D eigenvalue weighted by atomic mass is 16.1. The number of hydrogen-bond donors (Lipinski definition) is 0. The molecule has 2 nitrogen and oxygen atoms in total. The Morgan fingerprint density at radius 3 is 2.63 bits per heavy atom. The maximum atomic E-state index is 12.1. The second-order valence-electron chi connectivity index (χ2n) is 4.78. The topological polar surface area (TPSA) is 20.9 Å². The largest absolute Gasteiger partial charge is 0.287 e. The van der Waals surface area contributed by atoms with E-state index in [0.717, 1.165) is 12.0 Å². The summed E-state index contributed by atoms with van der Waals surface area (Å²) in [5, 5.41) is 0. The molecule has 0 atom stereocenters. The molecular weight excluding hydrogens is 234 g/mol. The smallest absolute Gasteiger partial charge is 0.227 e. The van der Waals surface area contributed by atoms with Gasteiger partial charge in [0.15, 0.2) is 12.4 Å². The number of ketones is 1. The summed E-state index contributed by atoms with van der Waals surface area (Å²) in [6.45, 7) is 2.60. The highest BCUT2D eigenvalue weighted by Gasteiger charge is 2.11. The van der Waals surface area contributed by atoms with Crippen molar-refractivity contribution in [3.63, 3.8) is 0 Å². The van der Waals surface area contributed by atoms with Gasteiger partial charge >= 0.3 is 0 Å². The molecule has 0 aliphatic rings. The van der Waals surface area contributed by atoms with Gasteiger partial charge in [0.2, 0.25) is 12.3 Å². The summed E-state index contributed by atoms with van der Waals surface area (Å²) < 4.78 is 1.97. The summed E-state index contributed by atoms with van der Waals surface area (Å²) in [6, 6.07) is 13.6. The Bertz CT molecular complexity index is 534. The van der Waals surface area contributed by atoms with E-state index in [1.165, 1.54) is 18.4 Å². The van der Waals surface area contributed by atoms with Crippen molar-refractivity contribution in [3.8, 4) is 0 Å². The molecule has 0 amide bonds. The molecule has 0 saturated carbocycles. The molecule has 0 spiro atoms. The van der Waals surface area contributed by atoms with Gasteiger partial charge in [-0.15, -0.1) is 0 Å². The average Bonchev–Trinajstić information content (AvgIpc) is 2.46. The van der Waals surface area contributed by atoms with Gasteiger partial charge in [0, 0.05) is 17.2 Å². The molecule has 0 N–H and O–H groups in total. The van der Waals surface area contributed by atoms with Gasteiger partial charge in [0.1, 0.15) is 0 Å². The molecule has 1 aromatic carbocycles. The van der Waals surface area contributed by atoms with Crippen molar-refractivity contribution in [2.75, 3.05) is 0 Å². The minimum Gasteiger partial charge on any atom is -0.287 e. The minimum absolute atomic E-state index is 0.151. The van der Waals surface area contributed by atoms with Crippen LogP contribution in [0.1, 0.15) is 35.7 Å². The first-order chi connectivity index (χ1) is 9.29. The van der Waals surface area contributed by atoms with Crippen molar-refractivity contribution < 1.29 is 9.36 Å². The van der Waals surface area contributed by atoms with Gasteiger partial charge < -0.3 is 0 Å². The van der Waals surface area contributed by atoms with E-state index in [-0.39, 0.29) is 5.78 Å². The van der Waals surface area contributed by atoms with Crippen molar-refractivity contribution >= 4 is 5.78 Å². The van der Waals surface area contributed by atoms with E-state index in [9.17, 15) is 4.79 Å². The van der Waals surface area contributed by atoms with Crippen molar-refractivity contribution in [2.24, 2.45) is 0 Å². The van der Waals surface area contributed by atoms with Crippen molar-refractivity contribution in [1.82, 2.24) is 0 Å². The summed E-state index contributed by atoms with van der Waals surface area (Å²) in [6.07, 6.45) is 7.50. The van der Waals surface area contributed by atoms with E-state index in [1.807, 2.05) is 47.2 Å². The van der Waals surface area contributed by atoms with Gasteiger partial charge in [-0.2, -0.15) is 4.57 Å². The molecule has 0 fully saturated rings. The van der Waals surface area contributed by atoms with Gasteiger partial charge in [0.25, 0.3) is 0 Å². The normalized spacial score (nSPS) is 10.4. The van der Waals surface area contributed by atoms with E-state index in [4.69, 9.17) is 0 Å². The zero-order chi connectivity index (χ0) is 13.5. The lowest BCUT2D eigenvalue weighted by Gasteiger charge is -2.00. The van der Waals surface area contributed by atoms with Gasteiger partial charge in [-0.1, -0.05) is 43.7 Å². The standard InChI is InChI=1S/C17H20NO/c1-2-3-8-15-9-7-12-18(13-15)14-17(19)16-10-5-4-6-11-16/h4-7,9-13H,2-3,8,14H2,1H3/q+1. The number of carbonyl (C=O) groups excluding carboxylic acids is 1. The van der Waals surface area contributed by atoms with Crippen LogP contribution in [0.5, 0.6) is 0 Å². The summed E-state index contributed by atoms with van der Waals surface area (Å²) in [7, 11) is 0. The van der Waals surface area contributed by atoms with Crippen LogP contribution in [0, 0.1) is 0 Å². The molecule has 2 aromatic rings. The highest BCUT2D eigenvalue weighted by molar-refractivity contribution is 5.94. The van der Waals surface area contributed by atoms with E-state index < -0.39 is 0 Å². The third kappa shape index (κ3) is 4.02. The van der Waals surface area contributed by atoms with Crippen LogP contribution < -0.4 is 4.57 Å². The number of benzene rings is 1. The molecule has 0 saturated heterocycles. The van der Waals surface area contributed by atoms with Crippen molar-refractivity contribution in [3.05, 3.63) is 66.0 Å². The number of hydrogen-bond acceptors (Lipinski definition) is 1. The Labute approximate surface area is 114 Å². The number of nitrogens with zero attached hydrogens (tertiary/aromatic N) is 1. The quantitative estimate of drug-likeness (QED) is 0.573. The second kappa shape index (κ2) is 6.83. The number of aryl methyl sites for hydroxylation is 1. The molecule has 0 aliphatic heterocycles. The Morgan fingerprint density at radius 2 is 1.89 bits per heavy atom. The third-order valence-electron chi connectivity index (χ3n) is 3.16. The van der Waals surface area contributed by atoms with Crippen LogP contribution in [0.15, 0.2) is 54.9 Å². The molecule has 0 aliphatic carbocycles. The van der Waals surface area contributed by atoms with Crippen LogP contribution in [-0.4, -0.2) is 5.78 Å². The summed E-state index contributed by atoms with van der Waals surface area (Å²) in [5.41, 5.74) is 2.07. The molecule has 98 valence electrons. The Balaban J connectivity index is 2.05. The fourth-order valence-corrected chi connectivity index (χ4v) is 2.08. The van der Waals surface area contributed by atoms with Crippen molar-refractivity contribution in [2.45, 2.75) is 32.7 Å². The molecule has 19 heavy (non-hydrogen) atoms. The van der Waals surface area contributed by atoms with Gasteiger partial charge in [-0.3, -0.25) is 4.79 Å². The maximum absolute atomic E-state index is 12.1. The molecule has 0 bridgehead atoms. The van der Waals surface area contributed by atoms with Crippen LogP contribution in [0.4, 0.5) is 0 Å². The molecule has 1 heterocycles. The first-order valence-electron chi connectivity index (χ1n) is 6.86. The molecule has 2 heteroatoms. The van der Waals surface area contributed by atoms with Crippen LogP contribution >= 0.6 is 0 Å². The Hall–Kier alpha value is -1.96. The summed E-state index contributed by atoms with van der Waals surface area (Å²) >= 11 is 0. The molecule has 0 unspecified atom stereocenters. The third-order valence-corrected chi connectivity index (χ3v) is 3.16. The number of aromatic nitrogens is 1. The van der Waals surface area contributed by atoms with Crippen LogP contribution in [0.3, 0.4) is 0 Å². The maximum Gasteiger partial charge on any atom is 0.227 e. The van der Waals surface area contributed by atoms with E-state index in [1.54, 1.807) is 0 Å². The molecule has 2 rings (SSSR count). The monoisotopic (exact) mass is 254 g/mol. The van der Waals surface area contributed by atoms with Crippen LogP contribution in [-0.2, 0) is 13.0 Å². The molecule has 1 aromatic heterocycles. The van der Waals surface area contributed by atoms with E-state index in [2.05, 4.69) is 19.2 Å². The van der Waals surface area contributed by atoms with Crippen molar-refractivity contribution in [1.29, 1.82) is 0 Å². The Kier molecular flexibility index (Phi) is 4.85. The average molecular weight is 254 g/mol. The fourth-order valence-electron chi connectivity index (χ4n) is 2.08. The zero-order valence-corrected chi connectivity index (χ0v) is 11.4. The zero-order valence-electron chi connectivity index (χ0n) is 11.4. The number of pyridine rings is 1. The summed E-state index contributed by atoms with van der Waals surface area (Å²) in [4.78, 5) is 12.1. The van der Waals surface area contributed by atoms with E-state index in [0.29, 0.717) is 6.54 Å². The van der Waals surface area contributed by atoms with Gasteiger partial charge in [0.05, 0.1) is 0 Å². The number of carbonyl (C=O) groups is 1. The lowest BCUT2D eigenvalue weighted by molar-refractivity contribution is -0.683. The predicted octanol–water partition coefficient (Wildman–Crippen LogP) is 3.20. The van der Waals surface area contributed by atoms with E-state index >= 15 is 0 Å². The summed E-state index contributed by atoms with van der Waals surface area (Å²) in [5.74, 6) is 0.151. The van der Waals surface area contributed by atoms with Crippen LogP contribution in [0.25, 0.3) is 0 Å². The Morgan fingerprint density at radius 1 is 1.11 bits per heavy atom. The fraction of sp³-hybridized carbons (Fsp3) is 0.294. The van der Waals surface area contributed by atoms with Gasteiger partial charge in [-0.25, -0.2) is 0 Å². The molecule has 0 radical (unpaired) electrons. The predicted molar refractivity (Wildman–Crippen MR) is 76.0 cm³/mol. The lowest BCUT2D eigenvalue weighted by atomic mass is 10.1. The van der Waals surface area contributed by atoms with Crippen LogP contribution in [0.2, 0.25) is 0 Å². The SMILES string of the molecule is CCCCc1ccc[n+](CC(=O)c2ccccc2)c1. The first kappa shape index (κ1) is 13.5. The first-order valence-corrected chi connectivity index (χ1v) is 6.86.